The van der Waals surface area contributed by atoms with Crippen LogP contribution in [0.1, 0.15) is 42.7 Å². The van der Waals surface area contributed by atoms with Gasteiger partial charge in [0.05, 0.1) is 0 Å². The van der Waals surface area contributed by atoms with Crippen molar-refractivity contribution in [1.29, 1.82) is 0 Å². The molecule has 0 heterocycles. The molecular weight excluding hydrogens is 432 g/mol. The number of carbonyl (C=O) groups excluding carboxylic acids is 2. The van der Waals surface area contributed by atoms with Crippen LogP contribution < -0.4 is 10.6 Å². The van der Waals surface area contributed by atoms with Crippen molar-refractivity contribution in [2.24, 2.45) is 23.7 Å². The first kappa shape index (κ1) is 22.4. The third kappa shape index (κ3) is 4.79. The van der Waals surface area contributed by atoms with E-state index in [1.165, 1.54) is 22.3 Å². The summed E-state index contributed by atoms with van der Waals surface area (Å²) in [5.74, 6) is 0.00164. The molecule has 0 aliphatic heterocycles. The van der Waals surface area contributed by atoms with Gasteiger partial charge in [0.1, 0.15) is 6.61 Å². The second-order valence-electron chi connectivity index (χ2n) is 9.86. The molecule has 5 rings (SSSR count). The fraction of sp³-hybridized carbons (Fsp3) is 0.444. The van der Waals surface area contributed by atoms with Crippen molar-refractivity contribution >= 4 is 18.0 Å². The van der Waals surface area contributed by atoms with E-state index < -0.39 is 12.1 Å². The average Bonchev–Trinajstić information content (AvgIpc) is 3.52. The van der Waals surface area contributed by atoms with Crippen molar-refractivity contribution in [3.63, 3.8) is 0 Å². The van der Waals surface area contributed by atoms with Gasteiger partial charge >= 0.3 is 12.1 Å². The lowest BCUT2D eigenvalue weighted by atomic mass is 9.73. The summed E-state index contributed by atoms with van der Waals surface area (Å²) in [6.07, 6.45) is 2.26. The number of aliphatic carboxylic acids is 1. The van der Waals surface area contributed by atoms with Gasteiger partial charge in [0.2, 0.25) is 5.91 Å². The Morgan fingerprint density at radius 1 is 0.853 bits per heavy atom. The zero-order valence-electron chi connectivity index (χ0n) is 19.0. The second-order valence-corrected chi connectivity index (χ2v) is 9.86. The Labute approximate surface area is 198 Å². The first-order valence-electron chi connectivity index (χ1n) is 12.1. The average molecular weight is 463 g/mol. The Morgan fingerprint density at radius 3 is 2.15 bits per heavy atom. The Kier molecular flexibility index (Phi) is 6.26. The van der Waals surface area contributed by atoms with E-state index in [9.17, 15) is 14.4 Å². The maximum Gasteiger partial charge on any atom is 0.407 e. The maximum atomic E-state index is 12.3. The number of fused-ring (bicyclic) bond motifs is 3. The Balaban J connectivity index is 1.02. The molecule has 7 nitrogen and oxygen atoms in total. The van der Waals surface area contributed by atoms with Crippen LogP contribution in [0.15, 0.2) is 48.5 Å². The number of carbonyl (C=O) groups is 3. The number of carboxylic acids is 1. The highest BCUT2D eigenvalue weighted by atomic mass is 16.5. The summed E-state index contributed by atoms with van der Waals surface area (Å²) in [7, 11) is 0. The van der Waals surface area contributed by atoms with Crippen molar-refractivity contribution in [2.45, 2.75) is 31.6 Å². The third-order valence-electron chi connectivity index (χ3n) is 7.47. The predicted molar refractivity (Wildman–Crippen MR) is 126 cm³/mol. The van der Waals surface area contributed by atoms with Gasteiger partial charge in [-0.3, -0.25) is 9.59 Å². The van der Waals surface area contributed by atoms with E-state index in [4.69, 9.17) is 9.84 Å². The van der Waals surface area contributed by atoms with Gasteiger partial charge in [0, 0.05) is 31.3 Å². The van der Waals surface area contributed by atoms with Gasteiger partial charge in [0.15, 0.2) is 0 Å². The fourth-order valence-corrected chi connectivity index (χ4v) is 5.49. The fourth-order valence-electron chi connectivity index (χ4n) is 5.49. The highest BCUT2D eigenvalue weighted by molar-refractivity contribution is 5.82. The number of benzene rings is 2. The van der Waals surface area contributed by atoms with Crippen LogP contribution >= 0.6 is 0 Å². The molecule has 3 N–H and O–H groups in total. The third-order valence-corrected chi connectivity index (χ3v) is 7.47. The summed E-state index contributed by atoms with van der Waals surface area (Å²) in [6.45, 7) is 1.32. The quantitative estimate of drug-likeness (QED) is 0.526. The Bertz CT molecular complexity index is 1050. The molecule has 0 aromatic heterocycles. The largest absolute Gasteiger partial charge is 0.481 e. The number of amides is 2. The van der Waals surface area contributed by atoms with Gasteiger partial charge in [-0.15, -0.1) is 0 Å². The van der Waals surface area contributed by atoms with Crippen LogP contribution in [-0.2, 0) is 14.3 Å². The van der Waals surface area contributed by atoms with Crippen molar-refractivity contribution in [3.05, 3.63) is 59.7 Å². The predicted octanol–water partition coefficient (Wildman–Crippen LogP) is 3.78. The number of hydrogen-bond acceptors (Lipinski definition) is 4. The van der Waals surface area contributed by atoms with Crippen LogP contribution in [0.5, 0.6) is 0 Å². The molecule has 2 saturated carbocycles. The van der Waals surface area contributed by atoms with Crippen molar-refractivity contribution in [1.82, 2.24) is 10.6 Å². The molecule has 3 aliphatic carbocycles. The number of rotatable bonds is 9. The molecule has 34 heavy (non-hydrogen) atoms. The van der Waals surface area contributed by atoms with Crippen LogP contribution in [-0.4, -0.2) is 42.8 Å². The molecule has 2 fully saturated rings. The Morgan fingerprint density at radius 2 is 1.50 bits per heavy atom. The van der Waals surface area contributed by atoms with E-state index in [1.807, 2.05) is 24.3 Å². The van der Waals surface area contributed by atoms with Gasteiger partial charge in [-0.2, -0.15) is 0 Å². The lowest BCUT2D eigenvalue weighted by Gasteiger charge is -2.34. The minimum Gasteiger partial charge on any atom is -0.481 e. The topological polar surface area (TPSA) is 105 Å². The molecule has 0 unspecified atom stereocenters. The number of alkyl carbamates (subject to hydrolysis) is 1. The number of carboxylic acid groups (broad SMARTS) is 1. The highest BCUT2D eigenvalue weighted by Gasteiger charge is 2.43. The van der Waals surface area contributed by atoms with Gasteiger partial charge in [-0.25, -0.2) is 4.79 Å². The van der Waals surface area contributed by atoms with Crippen LogP contribution in [0.2, 0.25) is 0 Å². The minimum absolute atomic E-state index is 0.0270. The van der Waals surface area contributed by atoms with Gasteiger partial charge in [-0.05, 0) is 59.3 Å². The molecule has 0 spiro atoms. The SMILES string of the molecule is O=C(O)CC1CC(CNC(=O)[C@@H]2C[C@@H]2CNC(=O)OCC2c3ccccc3-c3ccccc32)C1. The normalized spacial score (nSPS) is 24.4. The summed E-state index contributed by atoms with van der Waals surface area (Å²) in [4.78, 5) is 35.4. The summed E-state index contributed by atoms with van der Waals surface area (Å²) in [5.41, 5.74) is 4.74. The highest BCUT2D eigenvalue weighted by Crippen LogP contribution is 2.44. The van der Waals surface area contributed by atoms with Crippen LogP contribution in [0.4, 0.5) is 4.79 Å². The maximum absolute atomic E-state index is 12.3. The summed E-state index contributed by atoms with van der Waals surface area (Å²) < 4.78 is 5.56. The first-order valence-corrected chi connectivity index (χ1v) is 12.1. The van der Waals surface area contributed by atoms with Crippen LogP contribution in [0, 0.1) is 23.7 Å². The summed E-state index contributed by atoms with van der Waals surface area (Å²) in [5, 5.41) is 14.6. The lowest BCUT2D eigenvalue weighted by Crippen LogP contribution is -2.38. The zero-order chi connectivity index (χ0) is 23.7. The number of ether oxygens (including phenoxy) is 1. The monoisotopic (exact) mass is 462 g/mol. The molecule has 2 atom stereocenters. The standard InChI is InChI=1S/C27H30N2O5/c30-25(31)11-16-9-17(10-16)13-28-26(32)23-12-18(23)14-29-27(33)34-15-24-21-7-3-1-5-19(21)20-6-2-4-8-22(20)24/h1-8,16-18,23-24H,9-15H2,(H,28,32)(H,29,33)(H,30,31)/t16?,17?,18-,23-/m1/s1. The first-order chi connectivity index (χ1) is 16.5. The molecular formula is C27H30N2O5. The van der Waals surface area contributed by atoms with Crippen LogP contribution in [0.3, 0.4) is 0 Å². The lowest BCUT2D eigenvalue weighted by molar-refractivity contribution is -0.139. The van der Waals surface area contributed by atoms with Crippen LogP contribution in [0.25, 0.3) is 11.1 Å². The van der Waals surface area contributed by atoms with Crippen molar-refractivity contribution < 1.29 is 24.2 Å². The van der Waals surface area contributed by atoms with Gasteiger partial charge in [0.25, 0.3) is 0 Å². The summed E-state index contributed by atoms with van der Waals surface area (Å²) in [6, 6.07) is 16.4. The number of hydrogen-bond donors (Lipinski definition) is 3. The molecule has 178 valence electrons. The van der Waals surface area contributed by atoms with Gasteiger partial charge < -0.3 is 20.5 Å². The molecule has 2 amide bonds. The van der Waals surface area contributed by atoms with E-state index >= 15 is 0 Å². The van der Waals surface area contributed by atoms with E-state index in [2.05, 4.69) is 34.9 Å². The van der Waals surface area contributed by atoms with Crippen molar-refractivity contribution in [3.8, 4) is 11.1 Å². The van der Waals surface area contributed by atoms with E-state index in [0.29, 0.717) is 19.0 Å². The summed E-state index contributed by atoms with van der Waals surface area (Å²) >= 11 is 0. The van der Waals surface area contributed by atoms with E-state index in [1.54, 1.807) is 0 Å². The van der Waals surface area contributed by atoms with E-state index in [0.717, 1.165) is 19.3 Å². The van der Waals surface area contributed by atoms with Crippen molar-refractivity contribution in [2.75, 3.05) is 19.7 Å². The number of nitrogens with one attached hydrogen (secondary N) is 2. The Hall–Kier alpha value is -3.35. The van der Waals surface area contributed by atoms with Gasteiger partial charge in [-0.1, -0.05) is 48.5 Å². The molecule has 2 aromatic carbocycles. The second kappa shape index (κ2) is 9.49. The molecule has 0 radical (unpaired) electrons. The molecule has 0 bridgehead atoms. The van der Waals surface area contributed by atoms with E-state index in [-0.39, 0.29) is 42.6 Å². The minimum atomic E-state index is -0.753. The smallest absolute Gasteiger partial charge is 0.407 e. The molecule has 3 aliphatic rings. The molecule has 0 saturated heterocycles. The molecule has 7 heteroatoms. The zero-order valence-corrected chi connectivity index (χ0v) is 19.0. The molecule has 2 aromatic rings.